The molecule has 0 spiro atoms. The van der Waals surface area contributed by atoms with E-state index in [9.17, 15) is 4.79 Å². The molecular weight excluding hydrogens is 274 g/mol. The third kappa shape index (κ3) is 3.78. The van der Waals surface area contributed by atoms with Crippen molar-refractivity contribution < 1.29 is 4.79 Å². The predicted octanol–water partition coefficient (Wildman–Crippen LogP) is 4.68. The third-order valence-electron chi connectivity index (χ3n) is 2.46. The molecule has 0 saturated carbocycles. The Bertz CT molecular complexity index is 583. The summed E-state index contributed by atoms with van der Waals surface area (Å²) in [6.07, 6.45) is 2.99. The lowest BCUT2D eigenvalue weighted by atomic mass is 10.2. The van der Waals surface area contributed by atoms with Gasteiger partial charge in [0.15, 0.2) is 6.29 Å². The van der Waals surface area contributed by atoms with Crippen LogP contribution in [0.3, 0.4) is 0 Å². The van der Waals surface area contributed by atoms with E-state index in [1.165, 1.54) is 5.57 Å². The Morgan fingerprint density at radius 1 is 1.32 bits per heavy atom. The number of hydrogen-bond donors (Lipinski definition) is 0. The summed E-state index contributed by atoms with van der Waals surface area (Å²) in [6.45, 7) is 4.15. The molecule has 2 rings (SSSR count). The van der Waals surface area contributed by atoms with Gasteiger partial charge >= 0.3 is 0 Å². The Kier molecular flexibility index (Phi) is 4.93. The highest BCUT2D eigenvalue weighted by Crippen LogP contribution is 2.34. The highest BCUT2D eigenvalue weighted by Gasteiger charge is 2.11. The summed E-state index contributed by atoms with van der Waals surface area (Å²) < 4.78 is 0.992. The van der Waals surface area contributed by atoms with Crippen molar-refractivity contribution >= 4 is 29.4 Å². The summed E-state index contributed by atoms with van der Waals surface area (Å²) in [5.74, 6) is 0.875. The number of aldehydes is 1. The largest absolute Gasteiger partial charge is 0.296 e. The van der Waals surface area contributed by atoms with Gasteiger partial charge in [-0.15, -0.1) is 23.1 Å². The summed E-state index contributed by atoms with van der Waals surface area (Å²) in [5, 5.41) is 0.905. The number of carbonyl (C=O) groups is 1. The van der Waals surface area contributed by atoms with Crippen LogP contribution in [0.5, 0.6) is 0 Å². The van der Waals surface area contributed by atoms with Gasteiger partial charge in [-0.25, -0.2) is 4.98 Å². The molecule has 19 heavy (non-hydrogen) atoms. The lowest BCUT2D eigenvalue weighted by Crippen LogP contribution is -1.83. The summed E-state index contributed by atoms with van der Waals surface area (Å²) in [6, 6.07) is 9.96. The highest BCUT2D eigenvalue weighted by atomic mass is 32.2. The van der Waals surface area contributed by atoms with Crippen molar-refractivity contribution in [3.05, 3.63) is 47.7 Å². The zero-order valence-corrected chi connectivity index (χ0v) is 12.6. The van der Waals surface area contributed by atoms with Crippen molar-refractivity contribution in [2.24, 2.45) is 0 Å². The first-order valence-corrected chi connectivity index (χ1v) is 7.78. The molecule has 2 aromatic rings. The van der Waals surface area contributed by atoms with Crippen molar-refractivity contribution in [2.75, 3.05) is 5.75 Å². The fourth-order valence-corrected chi connectivity index (χ4v) is 3.74. The number of benzene rings is 1. The number of thioether (sulfide) groups is 1. The summed E-state index contributed by atoms with van der Waals surface area (Å²) >= 11 is 3.24. The van der Waals surface area contributed by atoms with Crippen molar-refractivity contribution in [1.82, 2.24) is 4.98 Å². The Hall–Kier alpha value is -1.39. The predicted molar refractivity (Wildman–Crippen MR) is 83.1 cm³/mol. The Morgan fingerprint density at radius 3 is 2.68 bits per heavy atom. The molecule has 0 unspecified atom stereocenters. The van der Waals surface area contributed by atoms with Crippen LogP contribution in [0.1, 0.15) is 24.3 Å². The zero-order chi connectivity index (χ0) is 13.7. The van der Waals surface area contributed by atoms with Gasteiger partial charge in [0.25, 0.3) is 0 Å². The molecular formula is C15H15NOS2. The molecule has 98 valence electrons. The molecule has 0 bridgehead atoms. The maximum atomic E-state index is 11.1. The second-order valence-electron chi connectivity index (χ2n) is 4.27. The van der Waals surface area contributed by atoms with Crippen molar-refractivity contribution in [1.29, 1.82) is 0 Å². The fraction of sp³-hybridized carbons (Fsp3) is 0.200. The number of carbonyl (C=O) groups excluding carboxylic acids is 1. The van der Waals surface area contributed by atoms with Crippen LogP contribution in [0, 0.1) is 0 Å². The minimum Gasteiger partial charge on any atom is -0.296 e. The first-order valence-electron chi connectivity index (χ1n) is 5.98. The molecule has 0 aliphatic carbocycles. The maximum absolute atomic E-state index is 11.1. The van der Waals surface area contributed by atoms with Gasteiger partial charge < -0.3 is 0 Å². The van der Waals surface area contributed by atoms with Crippen LogP contribution in [0.25, 0.3) is 10.6 Å². The normalized spacial score (nSPS) is 10.2. The number of thiazole rings is 1. The van der Waals surface area contributed by atoms with E-state index in [-0.39, 0.29) is 0 Å². The lowest BCUT2D eigenvalue weighted by molar-refractivity contribution is 0.111. The Morgan fingerprint density at radius 2 is 2.05 bits per heavy atom. The third-order valence-corrected chi connectivity index (χ3v) is 4.78. The second-order valence-corrected chi connectivity index (χ2v) is 6.56. The van der Waals surface area contributed by atoms with Crippen LogP contribution in [0.2, 0.25) is 0 Å². The van der Waals surface area contributed by atoms with E-state index >= 15 is 0 Å². The first kappa shape index (κ1) is 14.0. The number of hydrogen-bond acceptors (Lipinski definition) is 4. The molecule has 0 aliphatic heterocycles. The van der Waals surface area contributed by atoms with Crippen LogP contribution in [0.4, 0.5) is 0 Å². The standard InChI is InChI=1S/C15H15NOS2/c1-11(2)8-9-18-15-13(10-17)16-14(19-15)12-6-4-3-5-7-12/h3-8,10H,9H2,1-2H3. The van der Waals surface area contributed by atoms with Gasteiger partial charge in [0.1, 0.15) is 10.7 Å². The molecule has 1 heterocycles. The summed E-state index contributed by atoms with van der Waals surface area (Å²) in [5.41, 5.74) is 2.90. The van der Waals surface area contributed by atoms with Crippen LogP contribution < -0.4 is 0 Å². The SMILES string of the molecule is CC(C)=CCSc1sc(-c2ccccc2)nc1C=O. The van der Waals surface area contributed by atoms with Crippen LogP contribution >= 0.6 is 23.1 Å². The highest BCUT2D eigenvalue weighted by molar-refractivity contribution is 8.01. The smallest absolute Gasteiger partial charge is 0.170 e. The molecule has 1 aromatic heterocycles. The minimum absolute atomic E-state index is 0.552. The van der Waals surface area contributed by atoms with E-state index in [1.807, 2.05) is 30.3 Å². The molecule has 4 heteroatoms. The lowest BCUT2D eigenvalue weighted by Gasteiger charge is -1.94. The maximum Gasteiger partial charge on any atom is 0.170 e. The molecule has 0 amide bonds. The van der Waals surface area contributed by atoms with Gasteiger partial charge in [-0.2, -0.15) is 0 Å². The van der Waals surface area contributed by atoms with Crippen molar-refractivity contribution in [2.45, 2.75) is 18.1 Å². The number of rotatable bonds is 5. The Labute approximate surface area is 121 Å². The molecule has 0 atom stereocenters. The fourth-order valence-electron chi connectivity index (χ4n) is 1.48. The van der Waals surface area contributed by atoms with Crippen LogP contribution in [0.15, 0.2) is 46.2 Å². The number of allylic oxidation sites excluding steroid dienone is 1. The number of nitrogens with zero attached hydrogens (tertiary/aromatic N) is 1. The number of aromatic nitrogens is 1. The molecule has 0 radical (unpaired) electrons. The van der Waals surface area contributed by atoms with E-state index in [0.29, 0.717) is 5.69 Å². The van der Waals surface area contributed by atoms with Crippen LogP contribution in [-0.4, -0.2) is 17.0 Å². The molecule has 0 fully saturated rings. The molecule has 0 N–H and O–H groups in total. The van der Waals surface area contributed by atoms with E-state index in [0.717, 1.165) is 26.8 Å². The topological polar surface area (TPSA) is 30.0 Å². The van der Waals surface area contributed by atoms with Gasteiger partial charge in [0, 0.05) is 11.3 Å². The quantitative estimate of drug-likeness (QED) is 0.455. The molecule has 2 nitrogen and oxygen atoms in total. The molecule has 0 aliphatic rings. The van der Waals surface area contributed by atoms with Gasteiger partial charge in [-0.3, -0.25) is 4.79 Å². The zero-order valence-electron chi connectivity index (χ0n) is 10.9. The molecule has 1 aromatic carbocycles. The van der Waals surface area contributed by atoms with Gasteiger partial charge in [0.2, 0.25) is 0 Å². The van der Waals surface area contributed by atoms with Crippen LogP contribution in [-0.2, 0) is 0 Å². The molecule has 0 saturated heterocycles. The van der Waals surface area contributed by atoms with E-state index in [4.69, 9.17) is 0 Å². The average molecular weight is 289 g/mol. The van der Waals surface area contributed by atoms with Gasteiger partial charge in [-0.05, 0) is 13.8 Å². The minimum atomic E-state index is 0.552. The van der Waals surface area contributed by atoms with E-state index in [2.05, 4.69) is 24.9 Å². The van der Waals surface area contributed by atoms with E-state index in [1.54, 1.807) is 23.1 Å². The Balaban J connectivity index is 2.23. The average Bonchev–Trinajstić information content (AvgIpc) is 2.83. The monoisotopic (exact) mass is 289 g/mol. The second kappa shape index (κ2) is 6.68. The van der Waals surface area contributed by atoms with Gasteiger partial charge in [-0.1, -0.05) is 42.0 Å². The first-order chi connectivity index (χ1) is 9.20. The summed E-state index contributed by atoms with van der Waals surface area (Å²) in [7, 11) is 0. The summed E-state index contributed by atoms with van der Waals surface area (Å²) in [4.78, 5) is 15.5. The van der Waals surface area contributed by atoms with Crippen molar-refractivity contribution in [3.63, 3.8) is 0 Å². The van der Waals surface area contributed by atoms with Gasteiger partial charge in [0.05, 0.1) is 4.21 Å². The van der Waals surface area contributed by atoms with Crippen molar-refractivity contribution in [3.8, 4) is 10.6 Å². The van der Waals surface area contributed by atoms with E-state index < -0.39 is 0 Å².